The van der Waals surface area contributed by atoms with Crippen molar-refractivity contribution in [1.29, 1.82) is 0 Å². The lowest BCUT2D eigenvalue weighted by atomic mass is 10.2. The van der Waals surface area contributed by atoms with Crippen LogP contribution in [-0.2, 0) is 0 Å². The lowest BCUT2D eigenvalue weighted by molar-refractivity contribution is 1.35. The maximum atomic E-state index is 5.77. The van der Waals surface area contributed by atoms with Crippen molar-refractivity contribution in [2.45, 2.75) is 6.92 Å². The molecule has 3 aromatic rings. The molecule has 4 heteroatoms. The van der Waals surface area contributed by atoms with Gasteiger partial charge in [0.15, 0.2) is 0 Å². The Labute approximate surface area is 126 Å². The quantitative estimate of drug-likeness (QED) is 0.674. The van der Waals surface area contributed by atoms with Crippen LogP contribution in [0.5, 0.6) is 0 Å². The molecule has 0 aliphatic carbocycles. The van der Waals surface area contributed by atoms with E-state index in [-0.39, 0.29) is 0 Å². The Balaban J connectivity index is 1.98. The molecule has 0 unspecified atom stereocenters. The molecular weight excluding hydrogens is 314 g/mol. The molecule has 0 spiro atoms. The van der Waals surface area contributed by atoms with Crippen LogP contribution in [0.4, 0.5) is 17.2 Å². The molecule has 0 amide bonds. The van der Waals surface area contributed by atoms with Gasteiger partial charge in [0.2, 0.25) is 0 Å². The van der Waals surface area contributed by atoms with E-state index in [9.17, 15) is 0 Å². The fourth-order valence-electron chi connectivity index (χ4n) is 2.09. The summed E-state index contributed by atoms with van der Waals surface area (Å²) in [6.45, 7) is 2.06. The van der Waals surface area contributed by atoms with E-state index < -0.39 is 0 Å². The predicted octanol–water partition coefficient (Wildman–Crippen LogP) is 4.63. The standard InChI is InChI=1S/C16H14BrN3/c1-10-2-5-13(17)15(8-10)20-16-7-3-11-9-12(18)4-6-14(11)19-16/h2-9H,18H2,1H3,(H,19,20). The van der Waals surface area contributed by atoms with Crippen molar-refractivity contribution in [3.63, 3.8) is 0 Å². The van der Waals surface area contributed by atoms with Crippen LogP contribution in [0.25, 0.3) is 10.9 Å². The number of halogens is 1. The smallest absolute Gasteiger partial charge is 0.131 e. The molecule has 20 heavy (non-hydrogen) atoms. The third kappa shape index (κ3) is 2.60. The summed E-state index contributed by atoms with van der Waals surface area (Å²) >= 11 is 3.54. The Morgan fingerprint density at radius 1 is 1.05 bits per heavy atom. The second kappa shape index (κ2) is 5.13. The van der Waals surface area contributed by atoms with E-state index in [0.29, 0.717) is 0 Å². The van der Waals surface area contributed by atoms with E-state index in [2.05, 4.69) is 45.3 Å². The van der Waals surface area contributed by atoms with Crippen molar-refractivity contribution in [1.82, 2.24) is 4.98 Å². The number of nitrogens with zero attached hydrogens (tertiary/aromatic N) is 1. The Kier molecular flexibility index (Phi) is 3.32. The summed E-state index contributed by atoms with van der Waals surface area (Å²) in [7, 11) is 0. The first-order valence-electron chi connectivity index (χ1n) is 6.31. The molecule has 2 aromatic carbocycles. The number of rotatable bonds is 2. The van der Waals surface area contributed by atoms with Crippen molar-refractivity contribution >= 4 is 44.0 Å². The van der Waals surface area contributed by atoms with Crippen LogP contribution in [0.1, 0.15) is 5.56 Å². The number of nitrogens with two attached hydrogens (primary N) is 1. The van der Waals surface area contributed by atoms with E-state index >= 15 is 0 Å². The number of fused-ring (bicyclic) bond motifs is 1. The fourth-order valence-corrected chi connectivity index (χ4v) is 2.43. The molecule has 0 radical (unpaired) electrons. The van der Waals surface area contributed by atoms with Crippen molar-refractivity contribution in [3.05, 3.63) is 58.6 Å². The van der Waals surface area contributed by atoms with Gasteiger partial charge >= 0.3 is 0 Å². The normalized spacial score (nSPS) is 10.7. The summed E-state index contributed by atoms with van der Waals surface area (Å²) in [6, 6.07) is 15.9. The largest absolute Gasteiger partial charge is 0.399 e. The van der Waals surface area contributed by atoms with Gasteiger partial charge in [0.25, 0.3) is 0 Å². The minimum absolute atomic E-state index is 0.751. The molecule has 1 aromatic heterocycles. The fraction of sp³-hybridized carbons (Fsp3) is 0.0625. The average molecular weight is 328 g/mol. The number of hydrogen-bond acceptors (Lipinski definition) is 3. The molecule has 0 aliphatic heterocycles. The molecule has 0 saturated heterocycles. The maximum Gasteiger partial charge on any atom is 0.131 e. The van der Waals surface area contributed by atoms with Crippen LogP contribution in [-0.4, -0.2) is 4.98 Å². The van der Waals surface area contributed by atoms with Gasteiger partial charge in [0.05, 0.1) is 11.2 Å². The Morgan fingerprint density at radius 3 is 2.75 bits per heavy atom. The zero-order valence-electron chi connectivity index (χ0n) is 11.0. The number of pyridine rings is 1. The number of aryl methyl sites for hydroxylation is 1. The SMILES string of the molecule is Cc1ccc(Br)c(Nc2ccc3cc(N)ccc3n2)c1. The van der Waals surface area contributed by atoms with Crippen molar-refractivity contribution in [2.75, 3.05) is 11.1 Å². The second-order valence-electron chi connectivity index (χ2n) is 4.76. The number of nitrogen functional groups attached to an aromatic ring is 1. The predicted molar refractivity (Wildman–Crippen MR) is 88.3 cm³/mol. The highest BCUT2D eigenvalue weighted by Gasteiger charge is 2.03. The molecule has 3 nitrogen and oxygen atoms in total. The van der Waals surface area contributed by atoms with Gasteiger partial charge in [0.1, 0.15) is 5.82 Å². The topological polar surface area (TPSA) is 50.9 Å². The lowest BCUT2D eigenvalue weighted by Crippen LogP contribution is -1.95. The molecule has 0 fully saturated rings. The van der Waals surface area contributed by atoms with Crippen LogP contribution in [0.15, 0.2) is 53.0 Å². The zero-order chi connectivity index (χ0) is 14.1. The summed E-state index contributed by atoms with van der Waals surface area (Å²) in [4.78, 5) is 4.59. The van der Waals surface area contributed by atoms with E-state index in [1.165, 1.54) is 5.56 Å². The van der Waals surface area contributed by atoms with Gasteiger partial charge in [-0.15, -0.1) is 0 Å². The van der Waals surface area contributed by atoms with Crippen molar-refractivity contribution in [2.24, 2.45) is 0 Å². The Hall–Kier alpha value is -2.07. The molecule has 0 atom stereocenters. The first kappa shape index (κ1) is 12.9. The highest BCUT2D eigenvalue weighted by molar-refractivity contribution is 9.10. The highest BCUT2D eigenvalue weighted by Crippen LogP contribution is 2.27. The number of aromatic nitrogens is 1. The first-order valence-corrected chi connectivity index (χ1v) is 7.10. The van der Waals surface area contributed by atoms with Crippen LogP contribution in [0, 0.1) is 6.92 Å². The summed E-state index contributed by atoms with van der Waals surface area (Å²) < 4.78 is 1.02. The van der Waals surface area contributed by atoms with Gasteiger partial charge in [-0.05, 0) is 70.9 Å². The molecular formula is C16H14BrN3. The van der Waals surface area contributed by atoms with E-state index in [4.69, 9.17) is 5.73 Å². The van der Waals surface area contributed by atoms with Gasteiger partial charge < -0.3 is 11.1 Å². The molecule has 100 valence electrons. The monoisotopic (exact) mass is 327 g/mol. The average Bonchev–Trinajstić information content (AvgIpc) is 2.43. The van der Waals surface area contributed by atoms with Gasteiger partial charge in [-0.25, -0.2) is 4.98 Å². The summed E-state index contributed by atoms with van der Waals surface area (Å²) in [5, 5.41) is 4.37. The summed E-state index contributed by atoms with van der Waals surface area (Å²) in [5.74, 6) is 0.813. The van der Waals surface area contributed by atoms with E-state index in [1.807, 2.05) is 36.4 Å². The van der Waals surface area contributed by atoms with Crippen LogP contribution in [0.3, 0.4) is 0 Å². The highest BCUT2D eigenvalue weighted by atomic mass is 79.9. The number of nitrogens with one attached hydrogen (secondary N) is 1. The zero-order valence-corrected chi connectivity index (χ0v) is 12.6. The third-order valence-electron chi connectivity index (χ3n) is 3.10. The van der Waals surface area contributed by atoms with Crippen molar-refractivity contribution < 1.29 is 0 Å². The van der Waals surface area contributed by atoms with E-state index in [0.717, 1.165) is 32.6 Å². The molecule has 3 rings (SSSR count). The van der Waals surface area contributed by atoms with E-state index in [1.54, 1.807) is 0 Å². The van der Waals surface area contributed by atoms with Crippen molar-refractivity contribution in [3.8, 4) is 0 Å². The summed E-state index contributed by atoms with van der Waals surface area (Å²) in [6.07, 6.45) is 0. The lowest BCUT2D eigenvalue weighted by Gasteiger charge is -2.09. The number of benzene rings is 2. The minimum Gasteiger partial charge on any atom is -0.399 e. The first-order chi connectivity index (χ1) is 9.61. The van der Waals surface area contributed by atoms with Gasteiger partial charge in [-0.2, -0.15) is 0 Å². The van der Waals surface area contributed by atoms with Gasteiger partial charge in [-0.1, -0.05) is 6.07 Å². The molecule has 1 heterocycles. The van der Waals surface area contributed by atoms with Crippen LogP contribution >= 0.6 is 15.9 Å². The third-order valence-corrected chi connectivity index (χ3v) is 3.79. The number of hydrogen-bond donors (Lipinski definition) is 2. The summed E-state index contributed by atoms with van der Waals surface area (Å²) in [5.41, 5.74) is 9.65. The molecule has 0 saturated carbocycles. The minimum atomic E-state index is 0.751. The Bertz CT molecular complexity index is 784. The van der Waals surface area contributed by atoms with Crippen LogP contribution in [0.2, 0.25) is 0 Å². The molecule has 3 N–H and O–H groups in total. The molecule has 0 aliphatic rings. The van der Waals surface area contributed by atoms with Crippen LogP contribution < -0.4 is 11.1 Å². The second-order valence-corrected chi connectivity index (χ2v) is 5.61. The molecule has 0 bridgehead atoms. The number of anilines is 3. The van der Waals surface area contributed by atoms with Gasteiger partial charge in [0, 0.05) is 15.5 Å². The maximum absolute atomic E-state index is 5.77. The Morgan fingerprint density at radius 2 is 1.90 bits per heavy atom. The van der Waals surface area contributed by atoms with Gasteiger partial charge in [-0.3, -0.25) is 0 Å².